The van der Waals surface area contributed by atoms with Crippen LogP contribution < -0.4 is 4.74 Å². The molecule has 132 valence electrons. The van der Waals surface area contributed by atoms with Crippen molar-refractivity contribution in [3.05, 3.63) is 64.2 Å². The van der Waals surface area contributed by atoms with E-state index >= 15 is 0 Å². The predicted molar refractivity (Wildman–Crippen MR) is 82.4 cm³/mol. The molecule has 4 nitrogen and oxygen atoms in total. The van der Waals surface area contributed by atoms with Gasteiger partial charge in [0, 0.05) is 22.6 Å². The zero-order valence-electron chi connectivity index (χ0n) is 12.9. The SMILES string of the molecule is COC(=O)c1cccc(C2(OC(F)(F)F)Cc3ccc(Cl)cc3O2)c1. The molecule has 0 saturated heterocycles. The maximum absolute atomic E-state index is 13.0. The third-order valence-electron chi connectivity index (χ3n) is 3.73. The fourth-order valence-electron chi connectivity index (χ4n) is 2.70. The minimum Gasteiger partial charge on any atom is -0.465 e. The number of benzene rings is 2. The van der Waals surface area contributed by atoms with Gasteiger partial charge in [-0.2, -0.15) is 0 Å². The fraction of sp³-hybridized carbons (Fsp3) is 0.235. The summed E-state index contributed by atoms with van der Waals surface area (Å²) in [4.78, 5) is 11.7. The molecule has 1 aliphatic heterocycles. The Bertz CT molecular complexity index is 822. The van der Waals surface area contributed by atoms with Crippen molar-refractivity contribution in [2.24, 2.45) is 0 Å². The molecule has 0 N–H and O–H groups in total. The summed E-state index contributed by atoms with van der Waals surface area (Å²) in [6.45, 7) is 0. The van der Waals surface area contributed by atoms with E-state index in [2.05, 4.69) is 9.47 Å². The Labute approximate surface area is 146 Å². The van der Waals surface area contributed by atoms with Gasteiger partial charge in [-0.1, -0.05) is 29.8 Å². The van der Waals surface area contributed by atoms with E-state index in [1.165, 1.54) is 37.4 Å². The molecule has 1 aliphatic rings. The molecule has 0 aliphatic carbocycles. The number of esters is 1. The van der Waals surface area contributed by atoms with Gasteiger partial charge in [-0.15, -0.1) is 13.2 Å². The summed E-state index contributed by atoms with van der Waals surface area (Å²) < 4.78 is 53.6. The van der Waals surface area contributed by atoms with E-state index in [0.29, 0.717) is 10.6 Å². The highest BCUT2D eigenvalue weighted by Crippen LogP contribution is 2.46. The first kappa shape index (κ1) is 17.6. The first-order valence-electron chi connectivity index (χ1n) is 7.16. The molecule has 2 aromatic carbocycles. The zero-order valence-corrected chi connectivity index (χ0v) is 13.6. The summed E-state index contributed by atoms with van der Waals surface area (Å²) in [6, 6.07) is 10.1. The number of fused-ring (bicyclic) bond motifs is 1. The number of carbonyl (C=O) groups excluding carboxylic acids is 1. The molecule has 0 saturated carbocycles. The number of alkyl halides is 3. The summed E-state index contributed by atoms with van der Waals surface area (Å²) in [5, 5.41) is 0.324. The number of hydrogen-bond acceptors (Lipinski definition) is 4. The maximum atomic E-state index is 13.0. The lowest BCUT2D eigenvalue weighted by Gasteiger charge is -2.30. The van der Waals surface area contributed by atoms with Crippen LogP contribution in [-0.2, 0) is 21.7 Å². The van der Waals surface area contributed by atoms with Crippen molar-refractivity contribution in [1.29, 1.82) is 0 Å². The van der Waals surface area contributed by atoms with Crippen LogP contribution in [0.5, 0.6) is 5.75 Å². The summed E-state index contributed by atoms with van der Waals surface area (Å²) >= 11 is 5.88. The second-order valence-corrected chi connectivity index (χ2v) is 5.84. The average molecular weight is 373 g/mol. The van der Waals surface area contributed by atoms with Crippen molar-refractivity contribution in [3.8, 4) is 5.75 Å². The molecule has 3 rings (SSSR count). The molecule has 1 atom stereocenters. The molecule has 8 heteroatoms. The highest BCUT2D eigenvalue weighted by Gasteiger charge is 2.51. The van der Waals surface area contributed by atoms with Gasteiger partial charge in [0.05, 0.1) is 12.7 Å². The van der Waals surface area contributed by atoms with Gasteiger partial charge in [0.15, 0.2) is 0 Å². The molecule has 1 heterocycles. The largest absolute Gasteiger partial charge is 0.526 e. The molecule has 0 amide bonds. The first-order valence-corrected chi connectivity index (χ1v) is 7.53. The van der Waals surface area contributed by atoms with E-state index in [4.69, 9.17) is 16.3 Å². The van der Waals surface area contributed by atoms with Crippen LogP contribution in [0.25, 0.3) is 0 Å². The normalized spacial score (nSPS) is 19.2. The Balaban J connectivity index is 2.07. The molecule has 2 aromatic rings. The summed E-state index contributed by atoms with van der Waals surface area (Å²) in [7, 11) is 1.18. The predicted octanol–water partition coefficient (Wildman–Crippen LogP) is 4.45. The van der Waals surface area contributed by atoms with Crippen LogP contribution in [0.3, 0.4) is 0 Å². The number of rotatable bonds is 3. The van der Waals surface area contributed by atoms with Crippen LogP contribution in [0, 0.1) is 0 Å². The Morgan fingerprint density at radius 2 is 2.00 bits per heavy atom. The minimum atomic E-state index is -4.95. The highest BCUT2D eigenvalue weighted by molar-refractivity contribution is 6.30. The molecule has 0 spiro atoms. The van der Waals surface area contributed by atoms with Gasteiger partial charge in [-0.05, 0) is 24.3 Å². The Morgan fingerprint density at radius 3 is 2.68 bits per heavy atom. The molecule has 1 unspecified atom stereocenters. The number of halogens is 4. The van der Waals surface area contributed by atoms with E-state index in [9.17, 15) is 18.0 Å². The van der Waals surface area contributed by atoms with Gasteiger partial charge < -0.3 is 9.47 Å². The Hall–Kier alpha value is -2.25. The first-order chi connectivity index (χ1) is 11.7. The van der Waals surface area contributed by atoms with Crippen molar-refractivity contribution >= 4 is 17.6 Å². The quantitative estimate of drug-likeness (QED) is 0.747. The topological polar surface area (TPSA) is 44.8 Å². The van der Waals surface area contributed by atoms with Gasteiger partial charge in [0.25, 0.3) is 0 Å². The third kappa shape index (κ3) is 3.57. The lowest BCUT2D eigenvalue weighted by Crippen LogP contribution is -2.40. The Morgan fingerprint density at radius 1 is 1.24 bits per heavy atom. The second kappa shape index (κ2) is 6.24. The maximum Gasteiger partial charge on any atom is 0.526 e. The van der Waals surface area contributed by atoms with Crippen LogP contribution >= 0.6 is 11.6 Å². The van der Waals surface area contributed by atoms with Crippen molar-refractivity contribution < 1.29 is 32.2 Å². The van der Waals surface area contributed by atoms with E-state index in [1.54, 1.807) is 12.1 Å². The second-order valence-electron chi connectivity index (χ2n) is 5.40. The van der Waals surface area contributed by atoms with Crippen molar-refractivity contribution in [3.63, 3.8) is 0 Å². The number of ether oxygens (including phenoxy) is 3. The van der Waals surface area contributed by atoms with Gasteiger partial charge >= 0.3 is 12.3 Å². The average Bonchev–Trinajstić information content (AvgIpc) is 2.90. The highest BCUT2D eigenvalue weighted by atomic mass is 35.5. The number of hydrogen-bond donors (Lipinski definition) is 0. The van der Waals surface area contributed by atoms with Gasteiger partial charge in [0.2, 0.25) is 5.79 Å². The van der Waals surface area contributed by atoms with Crippen LogP contribution in [0.1, 0.15) is 21.5 Å². The number of methoxy groups -OCH3 is 1. The lowest BCUT2D eigenvalue weighted by molar-refractivity contribution is -0.404. The zero-order chi connectivity index (χ0) is 18.2. The van der Waals surface area contributed by atoms with Crippen LogP contribution in [0.4, 0.5) is 13.2 Å². The summed E-state index contributed by atoms with van der Waals surface area (Å²) in [6.07, 6.45) is -5.14. The minimum absolute atomic E-state index is 0.0417. The van der Waals surface area contributed by atoms with E-state index in [-0.39, 0.29) is 23.3 Å². The molecule has 25 heavy (non-hydrogen) atoms. The standard InChI is InChI=1S/C17H12ClF3O4/c1-23-15(22)10-3-2-4-12(7-10)16(25-17(19,20)21)9-11-5-6-13(18)8-14(11)24-16/h2-8H,9H2,1H3. The molecular weight excluding hydrogens is 361 g/mol. The summed E-state index contributed by atoms with van der Waals surface area (Å²) in [5.41, 5.74) is 0.639. The van der Waals surface area contributed by atoms with E-state index in [0.717, 1.165) is 0 Å². The monoisotopic (exact) mass is 372 g/mol. The van der Waals surface area contributed by atoms with Crippen LogP contribution in [0.2, 0.25) is 5.02 Å². The van der Waals surface area contributed by atoms with E-state index < -0.39 is 18.1 Å². The molecule has 0 aromatic heterocycles. The molecule has 0 bridgehead atoms. The van der Waals surface area contributed by atoms with Crippen LogP contribution in [-0.4, -0.2) is 19.4 Å². The van der Waals surface area contributed by atoms with Gasteiger partial charge in [0.1, 0.15) is 5.75 Å². The Kier molecular flexibility index (Phi) is 4.38. The lowest BCUT2D eigenvalue weighted by atomic mass is 9.98. The van der Waals surface area contributed by atoms with E-state index in [1.807, 2.05) is 0 Å². The number of carbonyl (C=O) groups is 1. The smallest absolute Gasteiger partial charge is 0.465 e. The molecular formula is C17H12ClF3O4. The third-order valence-corrected chi connectivity index (χ3v) is 3.97. The summed E-state index contributed by atoms with van der Waals surface area (Å²) in [5.74, 6) is -2.63. The van der Waals surface area contributed by atoms with Gasteiger partial charge in [-0.25, -0.2) is 9.53 Å². The fourth-order valence-corrected chi connectivity index (χ4v) is 2.86. The van der Waals surface area contributed by atoms with Crippen LogP contribution in [0.15, 0.2) is 42.5 Å². The van der Waals surface area contributed by atoms with Crippen molar-refractivity contribution in [1.82, 2.24) is 0 Å². The van der Waals surface area contributed by atoms with Crippen molar-refractivity contribution in [2.45, 2.75) is 18.6 Å². The molecule has 0 radical (unpaired) electrons. The molecule has 0 fully saturated rings. The van der Waals surface area contributed by atoms with Crippen molar-refractivity contribution in [2.75, 3.05) is 7.11 Å². The van der Waals surface area contributed by atoms with Gasteiger partial charge in [-0.3, -0.25) is 0 Å².